The normalized spacial score (nSPS) is 10.6. The summed E-state index contributed by atoms with van der Waals surface area (Å²) in [5.41, 5.74) is 1.05. The Balaban J connectivity index is 2.67. The van der Waals surface area contributed by atoms with Crippen molar-refractivity contribution in [3.63, 3.8) is 0 Å². The summed E-state index contributed by atoms with van der Waals surface area (Å²) in [5, 5.41) is 8.87. The number of hydrogen-bond donors (Lipinski definition) is 1. The Bertz CT molecular complexity index is 368. The van der Waals surface area contributed by atoms with Gasteiger partial charge in [0.05, 0.1) is 16.7 Å². The number of nitrogens with zero attached hydrogens (tertiary/aromatic N) is 2. The molecule has 0 aliphatic carbocycles. The molecular weight excluding hydrogens is 158 g/mol. The smallest absolute Gasteiger partial charge is 0.0978 e. The third-order valence-corrected chi connectivity index (χ3v) is 2.15. The average Bonchev–Trinajstić information content (AvgIpc) is 2.50. The summed E-state index contributed by atoms with van der Waals surface area (Å²) < 4.78 is 0. The summed E-state index contributed by atoms with van der Waals surface area (Å²) in [4.78, 5) is 4.20. The summed E-state index contributed by atoms with van der Waals surface area (Å²) in [5.74, 6) is 0. The molecule has 0 atom stereocenters. The van der Waals surface area contributed by atoms with Gasteiger partial charge in [0.15, 0.2) is 0 Å². The standard InChI is InChI=1S/C7H7N3S/c1-11-7-2-6-5(3-8-7)4-9-10-6/h2-4H,1H3,(H,9,10). The highest BCUT2D eigenvalue weighted by Gasteiger charge is 1.96. The summed E-state index contributed by atoms with van der Waals surface area (Å²) in [7, 11) is 0. The molecule has 0 saturated carbocycles. The van der Waals surface area contributed by atoms with Crippen LogP contribution in [0.3, 0.4) is 0 Å². The maximum Gasteiger partial charge on any atom is 0.0978 e. The lowest BCUT2D eigenvalue weighted by Gasteiger charge is -1.92. The highest BCUT2D eigenvalue weighted by Crippen LogP contribution is 2.16. The fraction of sp³-hybridized carbons (Fsp3) is 0.143. The molecule has 2 rings (SSSR count). The molecule has 3 nitrogen and oxygen atoms in total. The van der Waals surface area contributed by atoms with Crippen LogP contribution in [-0.2, 0) is 0 Å². The van der Waals surface area contributed by atoms with E-state index in [4.69, 9.17) is 0 Å². The molecule has 0 spiro atoms. The second-order valence-electron chi connectivity index (χ2n) is 2.18. The molecule has 11 heavy (non-hydrogen) atoms. The van der Waals surface area contributed by atoms with Crippen molar-refractivity contribution < 1.29 is 0 Å². The molecule has 0 aliphatic heterocycles. The Morgan fingerprint density at radius 1 is 1.45 bits per heavy atom. The van der Waals surface area contributed by atoms with Gasteiger partial charge < -0.3 is 0 Å². The predicted octanol–water partition coefficient (Wildman–Crippen LogP) is 1.68. The minimum absolute atomic E-state index is 1.02. The van der Waals surface area contributed by atoms with Crippen molar-refractivity contribution in [3.05, 3.63) is 18.5 Å². The van der Waals surface area contributed by atoms with Crippen LogP contribution >= 0.6 is 11.8 Å². The zero-order valence-corrected chi connectivity index (χ0v) is 6.85. The first-order valence-electron chi connectivity index (χ1n) is 3.23. The Hall–Kier alpha value is -1.03. The van der Waals surface area contributed by atoms with Gasteiger partial charge >= 0.3 is 0 Å². The van der Waals surface area contributed by atoms with E-state index in [0.717, 1.165) is 15.9 Å². The van der Waals surface area contributed by atoms with E-state index in [-0.39, 0.29) is 0 Å². The van der Waals surface area contributed by atoms with Crippen LogP contribution in [0, 0.1) is 0 Å². The van der Waals surface area contributed by atoms with Gasteiger partial charge in [0.25, 0.3) is 0 Å². The number of rotatable bonds is 1. The Labute approximate surface area is 68.2 Å². The fourth-order valence-electron chi connectivity index (χ4n) is 0.929. The lowest BCUT2D eigenvalue weighted by Crippen LogP contribution is -1.77. The Morgan fingerprint density at radius 2 is 2.36 bits per heavy atom. The number of H-pyrrole nitrogens is 1. The minimum Gasteiger partial charge on any atom is -0.278 e. The lowest BCUT2D eigenvalue weighted by atomic mass is 10.3. The van der Waals surface area contributed by atoms with E-state index in [2.05, 4.69) is 15.2 Å². The van der Waals surface area contributed by atoms with Gasteiger partial charge in [0.1, 0.15) is 0 Å². The molecule has 1 N–H and O–H groups in total. The summed E-state index contributed by atoms with van der Waals surface area (Å²) in [6.45, 7) is 0. The summed E-state index contributed by atoms with van der Waals surface area (Å²) in [6.07, 6.45) is 5.60. The summed E-state index contributed by atoms with van der Waals surface area (Å²) in [6, 6.07) is 1.99. The van der Waals surface area contributed by atoms with Gasteiger partial charge in [0, 0.05) is 11.6 Å². The van der Waals surface area contributed by atoms with Crippen LogP contribution in [0.1, 0.15) is 0 Å². The number of aromatic nitrogens is 3. The SMILES string of the molecule is CSc1cc2[nH]ncc2cn1. The van der Waals surface area contributed by atoms with Crippen molar-refractivity contribution in [1.29, 1.82) is 0 Å². The van der Waals surface area contributed by atoms with Crippen molar-refractivity contribution in [3.8, 4) is 0 Å². The second-order valence-corrected chi connectivity index (χ2v) is 3.01. The van der Waals surface area contributed by atoms with E-state index >= 15 is 0 Å². The number of aromatic amines is 1. The van der Waals surface area contributed by atoms with E-state index in [1.807, 2.05) is 18.5 Å². The average molecular weight is 165 g/mol. The summed E-state index contributed by atoms with van der Waals surface area (Å²) >= 11 is 1.63. The molecule has 0 aromatic carbocycles. The van der Waals surface area contributed by atoms with Gasteiger partial charge in [-0.05, 0) is 12.3 Å². The van der Waals surface area contributed by atoms with Gasteiger partial charge in [-0.2, -0.15) is 5.10 Å². The maximum absolute atomic E-state index is 4.20. The van der Waals surface area contributed by atoms with Crippen LogP contribution in [-0.4, -0.2) is 21.4 Å². The molecule has 0 amide bonds. The van der Waals surface area contributed by atoms with E-state index in [1.54, 1.807) is 18.0 Å². The van der Waals surface area contributed by atoms with E-state index < -0.39 is 0 Å². The molecule has 0 fully saturated rings. The van der Waals surface area contributed by atoms with Crippen molar-refractivity contribution in [2.45, 2.75) is 5.03 Å². The topological polar surface area (TPSA) is 41.6 Å². The Morgan fingerprint density at radius 3 is 3.18 bits per heavy atom. The van der Waals surface area contributed by atoms with Crippen LogP contribution in [0.4, 0.5) is 0 Å². The monoisotopic (exact) mass is 165 g/mol. The molecule has 0 aliphatic rings. The van der Waals surface area contributed by atoms with Crippen LogP contribution in [0.2, 0.25) is 0 Å². The predicted molar refractivity (Wildman–Crippen MR) is 45.7 cm³/mol. The molecule has 2 heterocycles. The van der Waals surface area contributed by atoms with Gasteiger partial charge in [-0.1, -0.05) is 0 Å². The molecule has 56 valence electrons. The first kappa shape index (κ1) is 6.67. The third kappa shape index (κ3) is 1.09. The molecule has 0 radical (unpaired) electrons. The molecule has 0 bridgehead atoms. The quantitative estimate of drug-likeness (QED) is 0.654. The van der Waals surface area contributed by atoms with Crippen LogP contribution in [0.25, 0.3) is 10.9 Å². The van der Waals surface area contributed by atoms with E-state index in [1.165, 1.54) is 0 Å². The molecular formula is C7H7N3S. The van der Waals surface area contributed by atoms with Gasteiger partial charge in [0.2, 0.25) is 0 Å². The molecule has 4 heteroatoms. The van der Waals surface area contributed by atoms with Crippen molar-refractivity contribution >= 4 is 22.7 Å². The van der Waals surface area contributed by atoms with E-state index in [0.29, 0.717) is 0 Å². The molecule has 2 aromatic heterocycles. The van der Waals surface area contributed by atoms with Crippen molar-refractivity contribution in [2.75, 3.05) is 6.26 Å². The minimum atomic E-state index is 1.02. The highest BCUT2D eigenvalue weighted by molar-refractivity contribution is 7.98. The number of pyridine rings is 1. The van der Waals surface area contributed by atoms with Gasteiger partial charge in [-0.3, -0.25) is 5.10 Å². The number of hydrogen-bond acceptors (Lipinski definition) is 3. The number of thioether (sulfide) groups is 1. The second kappa shape index (κ2) is 2.54. The van der Waals surface area contributed by atoms with Crippen molar-refractivity contribution in [1.82, 2.24) is 15.2 Å². The Kier molecular flexibility index (Phi) is 1.54. The first-order chi connectivity index (χ1) is 5.40. The number of fused-ring (bicyclic) bond motifs is 1. The zero-order valence-electron chi connectivity index (χ0n) is 6.03. The number of nitrogens with one attached hydrogen (secondary N) is 1. The third-order valence-electron chi connectivity index (χ3n) is 1.51. The molecule has 0 saturated heterocycles. The zero-order chi connectivity index (χ0) is 7.68. The van der Waals surface area contributed by atoms with Crippen LogP contribution < -0.4 is 0 Å². The first-order valence-corrected chi connectivity index (χ1v) is 4.46. The van der Waals surface area contributed by atoms with E-state index in [9.17, 15) is 0 Å². The fourth-order valence-corrected chi connectivity index (χ4v) is 1.32. The van der Waals surface area contributed by atoms with Crippen LogP contribution in [0.15, 0.2) is 23.5 Å². The van der Waals surface area contributed by atoms with Gasteiger partial charge in [-0.15, -0.1) is 11.8 Å². The largest absolute Gasteiger partial charge is 0.278 e. The van der Waals surface area contributed by atoms with Gasteiger partial charge in [-0.25, -0.2) is 4.98 Å². The lowest BCUT2D eigenvalue weighted by molar-refractivity contribution is 1.11. The molecule has 2 aromatic rings. The van der Waals surface area contributed by atoms with Crippen LogP contribution in [0.5, 0.6) is 0 Å². The molecule has 0 unspecified atom stereocenters. The maximum atomic E-state index is 4.20. The van der Waals surface area contributed by atoms with Crippen molar-refractivity contribution in [2.24, 2.45) is 0 Å². The highest BCUT2D eigenvalue weighted by atomic mass is 32.2.